The van der Waals surface area contributed by atoms with Gasteiger partial charge in [0.25, 0.3) is 0 Å². The third kappa shape index (κ3) is 10.5. The molecule has 2 saturated heterocycles. The monoisotopic (exact) mass is 770 g/mol. The van der Waals surface area contributed by atoms with Gasteiger partial charge in [-0.25, -0.2) is 14.4 Å². The van der Waals surface area contributed by atoms with Gasteiger partial charge in [-0.05, 0) is 42.8 Å². The van der Waals surface area contributed by atoms with Crippen LogP contribution in [0.25, 0.3) is 0 Å². The van der Waals surface area contributed by atoms with Crippen LogP contribution < -0.4 is 0 Å². The van der Waals surface area contributed by atoms with Crippen molar-refractivity contribution in [3.63, 3.8) is 0 Å². The van der Waals surface area contributed by atoms with E-state index in [9.17, 15) is 39.6 Å². The Morgan fingerprint density at radius 1 is 0.611 bits per heavy atom. The number of aliphatic hydroxyl groups excluding tert-OH is 4. The molecule has 2 heterocycles. The van der Waals surface area contributed by atoms with Crippen LogP contribution in [0.1, 0.15) is 44.4 Å². The zero-order valence-corrected chi connectivity index (χ0v) is 30.0. The van der Waals surface area contributed by atoms with Crippen LogP contribution >= 0.6 is 11.8 Å². The van der Waals surface area contributed by atoms with Gasteiger partial charge in [-0.1, -0.05) is 66.4 Å². The summed E-state index contributed by atoms with van der Waals surface area (Å²) in [5.41, 5.74) is 0.315. The van der Waals surface area contributed by atoms with E-state index in [2.05, 4.69) is 0 Å². The molecule has 0 bridgehead atoms. The highest BCUT2D eigenvalue weighted by Crippen LogP contribution is 2.34. The molecule has 2 fully saturated rings. The quantitative estimate of drug-likeness (QED) is 0.0987. The summed E-state index contributed by atoms with van der Waals surface area (Å²) in [6, 6.07) is 23.5. The Hall–Kier alpha value is -4.23. The second-order valence-electron chi connectivity index (χ2n) is 12.3. The molecule has 0 spiro atoms. The van der Waals surface area contributed by atoms with Crippen molar-refractivity contribution in [2.45, 2.75) is 74.8 Å². The maximum absolute atomic E-state index is 13.5. The van der Waals surface area contributed by atoms with Crippen LogP contribution in [0.2, 0.25) is 0 Å². The molecule has 3 aromatic rings. The number of ether oxygens (including phenoxy) is 7. The van der Waals surface area contributed by atoms with Gasteiger partial charge in [-0.15, -0.1) is 0 Å². The Labute approximate surface area is 315 Å². The molecule has 0 saturated carbocycles. The molecule has 0 radical (unpaired) electrons. The second kappa shape index (κ2) is 19.9. The van der Waals surface area contributed by atoms with Crippen LogP contribution in [0.4, 0.5) is 0 Å². The predicted molar refractivity (Wildman–Crippen MR) is 189 cm³/mol. The molecule has 0 aliphatic carbocycles. The molecule has 0 unspecified atom stereocenters. The van der Waals surface area contributed by atoms with E-state index in [0.717, 1.165) is 11.8 Å². The van der Waals surface area contributed by atoms with E-state index in [0.29, 0.717) is 12.2 Å². The zero-order chi connectivity index (χ0) is 38.6. The molecular weight excluding hydrogens is 728 g/mol. The van der Waals surface area contributed by atoms with Gasteiger partial charge in [0.15, 0.2) is 36.0 Å². The lowest BCUT2D eigenvalue weighted by Gasteiger charge is -2.47. The molecule has 2 aliphatic rings. The fourth-order valence-electron chi connectivity index (χ4n) is 5.79. The topological polar surface area (TPSA) is 214 Å². The predicted octanol–water partition coefficient (Wildman–Crippen LogP) is 1.89. The summed E-state index contributed by atoms with van der Waals surface area (Å²) in [7, 11) is 0. The van der Waals surface area contributed by atoms with E-state index >= 15 is 0 Å². The molecule has 54 heavy (non-hydrogen) atoms. The number of carbonyl (C=O) groups excluding carboxylic acids is 4. The highest BCUT2D eigenvalue weighted by Gasteiger charge is 2.55. The molecule has 2 aliphatic heterocycles. The van der Waals surface area contributed by atoms with Crippen LogP contribution in [0.5, 0.6) is 0 Å². The summed E-state index contributed by atoms with van der Waals surface area (Å²) in [5, 5.41) is 43.2. The molecule has 290 valence electrons. The van der Waals surface area contributed by atoms with E-state index in [1.54, 1.807) is 54.6 Å². The number of carbonyl (C=O) groups is 4. The average Bonchev–Trinajstić information content (AvgIpc) is 3.19. The third-order valence-corrected chi connectivity index (χ3v) is 9.42. The highest BCUT2D eigenvalue weighted by molar-refractivity contribution is 8.13. The van der Waals surface area contributed by atoms with Gasteiger partial charge in [-0.3, -0.25) is 4.79 Å². The van der Waals surface area contributed by atoms with E-state index < -0.39 is 92.5 Å². The first kappa shape index (κ1) is 40.9. The lowest BCUT2D eigenvalue weighted by molar-refractivity contribution is -0.358. The van der Waals surface area contributed by atoms with Gasteiger partial charge in [0.1, 0.15) is 30.5 Å². The number of thioether (sulfide) groups is 1. The number of rotatable bonds is 15. The smallest absolute Gasteiger partial charge is 0.338 e. The first-order valence-corrected chi connectivity index (χ1v) is 18.2. The summed E-state index contributed by atoms with van der Waals surface area (Å²) >= 11 is 1.08. The largest absolute Gasteiger partial charge is 0.452 e. The minimum Gasteiger partial charge on any atom is -0.452 e. The zero-order valence-electron chi connectivity index (χ0n) is 29.2. The molecule has 3 aromatic carbocycles. The van der Waals surface area contributed by atoms with Crippen LogP contribution in [0.15, 0.2) is 91.0 Å². The standard InChI is InChI=1S/C38H42O15S/c1-22(41)54-19-11-18-47-37-32(51-35(45)24-14-7-3-8-15-24)31(29(43)26(20-39)48-37)53-38-33(52-36(46)25-16-9-4-10-17-25)30(28(42)27(21-40)49-38)50-34(44)23-12-5-2-6-13-23/h2-10,12-17,26-33,37-40,42-43H,11,18-21H2,1H3/t26-,27-,28+,29+,30+,31+,32-,33-,37-,38-/m1/s1. The summed E-state index contributed by atoms with van der Waals surface area (Å²) in [5.74, 6) is -2.29. The minimum atomic E-state index is -1.81. The fraction of sp³-hybridized carbons (Fsp3) is 0.421. The SMILES string of the molecule is CC(=O)SCCCO[C@@H]1O[C@H](CO)[C@H](O)[C@H](O[C@H]2O[C@H](CO)[C@H](O)[C@H](OC(=O)c3ccccc3)[C@H]2OC(=O)c2ccccc2)[C@H]1OC(=O)c1ccccc1. The summed E-state index contributed by atoms with van der Waals surface area (Å²) in [6.45, 7) is -0.131. The van der Waals surface area contributed by atoms with Crippen molar-refractivity contribution in [3.8, 4) is 0 Å². The van der Waals surface area contributed by atoms with Crippen molar-refractivity contribution in [2.75, 3.05) is 25.6 Å². The summed E-state index contributed by atoms with van der Waals surface area (Å²) in [6.07, 6.45) is -15.9. The van der Waals surface area contributed by atoms with E-state index in [1.165, 1.54) is 43.3 Å². The number of hydrogen-bond donors (Lipinski definition) is 4. The van der Waals surface area contributed by atoms with Crippen molar-refractivity contribution in [1.29, 1.82) is 0 Å². The summed E-state index contributed by atoms with van der Waals surface area (Å²) < 4.78 is 41.4. The molecule has 15 nitrogen and oxygen atoms in total. The van der Waals surface area contributed by atoms with Crippen LogP contribution in [-0.2, 0) is 38.0 Å². The molecular formula is C38H42O15S. The first-order valence-electron chi connectivity index (χ1n) is 17.2. The lowest BCUT2D eigenvalue weighted by Crippen LogP contribution is -2.66. The molecule has 0 aromatic heterocycles. The molecule has 5 rings (SSSR count). The molecule has 10 atom stereocenters. The van der Waals surface area contributed by atoms with Gasteiger partial charge in [0.05, 0.1) is 36.5 Å². The Morgan fingerprint density at radius 3 is 1.46 bits per heavy atom. The fourth-order valence-corrected chi connectivity index (χ4v) is 6.34. The van der Waals surface area contributed by atoms with Crippen molar-refractivity contribution >= 4 is 34.8 Å². The van der Waals surface area contributed by atoms with Crippen molar-refractivity contribution < 1.29 is 72.8 Å². The number of aliphatic hydroxyl groups is 4. The number of hydrogen-bond acceptors (Lipinski definition) is 16. The van der Waals surface area contributed by atoms with Crippen molar-refractivity contribution in [1.82, 2.24) is 0 Å². The Kier molecular flexibility index (Phi) is 15.1. The second-order valence-corrected chi connectivity index (χ2v) is 13.6. The molecule has 4 N–H and O–H groups in total. The van der Waals surface area contributed by atoms with E-state index in [1.807, 2.05) is 0 Å². The lowest BCUT2D eigenvalue weighted by atomic mass is 9.96. The van der Waals surface area contributed by atoms with Gasteiger partial charge >= 0.3 is 17.9 Å². The number of benzene rings is 3. The first-order chi connectivity index (χ1) is 26.1. The maximum atomic E-state index is 13.5. The average molecular weight is 771 g/mol. The number of esters is 3. The van der Waals surface area contributed by atoms with Crippen molar-refractivity contribution in [2.24, 2.45) is 0 Å². The van der Waals surface area contributed by atoms with Gasteiger partial charge in [0, 0.05) is 12.7 Å². The minimum absolute atomic E-state index is 0.00116. The Bertz CT molecular complexity index is 1660. The van der Waals surface area contributed by atoms with Gasteiger partial charge in [-0.2, -0.15) is 0 Å². The Morgan fingerprint density at radius 2 is 1.02 bits per heavy atom. The van der Waals surface area contributed by atoms with Gasteiger partial charge in [0.2, 0.25) is 0 Å². The third-order valence-electron chi connectivity index (χ3n) is 8.52. The Balaban J connectivity index is 1.50. The highest BCUT2D eigenvalue weighted by atomic mass is 32.2. The van der Waals surface area contributed by atoms with Crippen LogP contribution in [0, 0.1) is 0 Å². The normalized spacial score (nSPS) is 28.1. The van der Waals surface area contributed by atoms with Crippen LogP contribution in [-0.4, -0.2) is 130 Å². The van der Waals surface area contributed by atoms with Crippen LogP contribution in [0.3, 0.4) is 0 Å². The maximum Gasteiger partial charge on any atom is 0.338 e. The van der Waals surface area contributed by atoms with Gasteiger partial charge < -0.3 is 53.6 Å². The summed E-state index contributed by atoms with van der Waals surface area (Å²) in [4.78, 5) is 51.7. The van der Waals surface area contributed by atoms with E-state index in [4.69, 9.17) is 33.2 Å². The molecule has 0 amide bonds. The molecule has 16 heteroatoms. The van der Waals surface area contributed by atoms with Crippen molar-refractivity contribution in [3.05, 3.63) is 108 Å². The van der Waals surface area contributed by atoms with E-state index in [-0.39, 0.29) is 28.4 Å².